The molecule has 8 nitrogen and oxygen atoms in total. The summed E-state index contributed by atoms with van der Waals surface area (Å²) in [6, 6.07) is 18.0. The van der Waals surface area contributed by atoms with Crippen molar-refractivity contribution in [1.82, 2.24) is 9.78 Å². The highest BCUT2D eigenvalue weighted by Crippen LogP contribution is 2.44. The van der Waals surface area contributed by atoms with Crippen LogP contribution in [0.25, 0.3) is 0 Å². The van der Waals surface area contributed by atoms with Gasteiger partial charge < -0.3 is 10.5 Å². The fourth-order valence-electron chi connectivity index (χ4n) is 3.56. The van der Waals surface area contributed by atoms with E-state index in [-0.39, 0.29) is 17.1 Å². The van der Waals surface area contributed by atoms with Gasteiger partial charge in [0.2, 0.25) is 11.8 Å². The Morgan fingerprint density at radius 3 is 2.55 bits per heavy atom. The molecule has 3 aromatic rings. The van der Waals surface area contributed by atoms with Gasteiger partial charge in [-0.05, 0) is 18.1 Å². The third-order valence-electron chi connectivity index (χ3n) is 4.91. The van der Waals surface area contributed by atoms with Crippen LogP contribution in [0, 0.1) is 28.4 Å². The predicted molar refractivity (Wildman–Crippen MR) is 105 cm³/mol. The highest BCUT2D eigenvalue weighted by atomic mass is 16.6. The summed E-state index contributed by atoms with van der Waals surface area (Å²) in [7, 11) is 0. The van der Waals surface area contributed by atoms with Crippen molar-refractivity contribution in [1.29, 1.82) is 5.26 Å². The zero-order valence-electron chi connectivity index (χ0n) is 15.6. The number of nitro groups is 1. The van der Waals surface area contributed by atoms with E-state index < -0.39 is 10.8 Å². The Hall–Kier alpha value is -4.12. The summed E-state index contributed by atoms with van der Waals surface area (Å²) in [6.07, 6.45) is 0. The van der Waals surface area contributed by atoms with E-state index >= 15 is 0 Å². The average Bonchev–Trinajstić information content (AvgIpc) is 3.02. The van der Waals surface area contributed by atoms with E-state index in [0.29, 0.717) is 23.7 Å². The van der Waals surface area contributed by atoms with Crippen LogP contribution in [0.1, 0.15) is 28.3 Å². The van der Waals surface area contributed by atoms with Crippen LogP contribution in [-0.2, 0) is 6.54 Å². The third-order valence-corrected chi connectivity index (χ3v) is 4.91. The minimum atomic E-state index is -0.505. The van der Waals surface area contributed by atoms with E-state index in [2.05, 4.69) is 11.2 Å². The van der Waals surface area contributed by atoms with Crippen LogP contribution in [0.3, 0.4) is 0 Å². The molecule has 144 valence electrons. The number of nitro benzene ring substituents is 1. The Morgan fingerprint density at radius 2 is 1.93 bits per heavy atom. The molecule has 0 saturated carbocycles. The van der Waals surface area contributed by atoms with E-state index in [0.717, 1.165) is 11.1 Å². The lowest BCUT2D eigenvalue weighted by Gasteiger charge is -2.24. The number of benzene rings is 2. The Bertz CT molecular complexity index is 1160. The standard InChI is InChI=1S/C21H17N5O3/c1-13-18-19(15-7-9-16(10-8-15)26(27)28)17(11-22)20(23)29-21(18)25(24-13)12-14-5-3-2-4-6-14/h2-10,19H,12,23H2,1H3/t19-/m0/s1. The van der Waals surface area contributed by atoms with Crippen LogP contribution in [0.2, 0.25) is 0 Å². The fraction of sp³-hybridized carbons (Fsp3) is 0.143. The van der Waals surface area contributed by atoms with Crippen molar-refractivity contribution in [2.45, 2.75) is 19.4 Å². The summed E-state index contributed by atoms with van der Waals surface area (Å²) >= 11 is 0. The van der Waals surface area contributed by atoms with Crippen molar-refractivity contribution < 1.29 is 9.66 Å². The molecule has 0 unspecified atom stereocenters. The molecule has 1 atom stereocenters. The minimum Gasteiger partial charge on any atom is -0.422 e. The van der Waals surface area contributed by atoms with Crippen molar-refractivity contribution in [3.8, 4) is 11.9 Å². The molecule has 8 heteroatoms. The van der Waals surface area contributed by atoms with E-state index in [1.54, 1.807) is 16.8 Å². The molecule has 2 heterocycles. The molecule has 0 amide bonds. The molecular formula is C21H17N5O3. The van der Waals surface area contributed by atoms with Gasteiger partial charge in [0.05, 0.1) is 28.6 Å². The minimum absolute atomic E-state index is 0.0116. The normalized spacial score (nSPS) is 15.4. The SMILES string of the molecule is Cc1nn(Cc2ccccc2)c2c1[C@@H](c1ccc([N+](=O)[O-])cc1)C(C#N)=C(N)O2. The van der Waals surface area contributed by atoms with Crippen LogP contribution >= 0.6 is 0 Å². The van der Waals surface area contributed by atoms with E-state index in [9.17, 15) is 15.4 Å². The molecule has 29 heavy (non-hydrogen) atoms. The Morgan fingerprint density at radius 1 is 1.24 bits per heavy atom. The molecule has 2 aromatic carbocycles. The first-order valence-corrected chi connectivity index (χ1v) is 8.92. The summed E-state index contributed by atoms with van der Waals surface area (Å²) in [5, 5.41) is 25.3. The summed E-state index contributed by atoms with van der Waals surface area (Å²) < 4.78 is 7.52. The topological polar surface area (TPSA) is 120 Å². The average molecular weight is 387 g/mol. The second-order valence-corrected chi connectivity index (χ2v) is 6.72. The van der Waals surface area contributed by atoms with Gasteiger partial charge in [-0.1, -0.05) is 42.5 Å². The van der Waals surface area contributed by atoms with Crippen molar-refractivity contribution in [3.05, 3.63) is 98.6 Å². The smallest absolute Gasteiger partial charge is 0.269 e. The molecule has 0 bridgehead atoms. The third kappa shape index (κ3) is 3.19. The highest BCUT2D eigenvalue weighted by Gasteiger charge is 2.35. The second kappa shape index (κ2) is 7.13. The van der Waals surface area contributed by atoms with Gasteiger partial charge in [0.15, 0.2) is 0 Å². The molecule has 0 radical (unpaired) electrons. The van der Waals surface area contributed by atoms with Crippen molar-refractivity contribution in [2.75, 3.05) is 0 Å². The van der Waals surface area contributed by atoms with Gasteiger partial charge in [-0.25, -0.2) is 4.68 Å². The monoisotopic (exact) mass is 387 g/mol. The lowest BCUT2D eigenvalue weighted by molar-refractivity contribution is -0.384. The maximum absolute atomic E-state index is 11.0. The van der Waals surface area contributed by atoms with Gasteiger partial charge >= 0.3 is 0 Å². The van der Waals surface area contributed by atoms with Crippen LogP contribution < -0.4 is 10.5 Å². The summed E-state index contributed by atoms with van der Waals surface area (Å²) in [5.41, 5.74) is 9.50. The van der Waals surface area contributed by atoms with Crippen LogP contribution in [0.15, 0.2) is 66.1 Å². The first-order chi connectivity index (χ1) is 14.0. The van der Waals surface area contributed by atoms with Gasteiger partial charge in [-0.15, -0.1) is 0 Å². The van der Waals surface area contributed by atoms with Crippen LogP contribution in [0.4, 0.5) is 5.69 Å². The number of nitrogens with two attached hydrogens (primary N) is 1. The van der Waals surface area contributed by atoms with Crippen molar-refractivity contribution in [3.63, 3.8) is 0 Å². The maximum atomic E-state index is 11.0. The Kier molecular flexibility index (Phi) is 4.49. The lowest BCUT2D eigenvalue weighted by atomic mass is 9.84. The van der Waals surface area contributed by atoms with Gasteiger partial charge in [0, 0.05) is 12.1 Å². The van der Waals surface area contributed by atoms with E-state index in [1.165, 1.54) is 12.1 Å². The number of hydrogen-bond donors (Lipinski definition) is 1. The van der Waals surface area contributed by atoms with Crippen LogP contribution in [0.5, 0.6) is 5.88 Å². The molecule has 1 aromatic heterocycles. The molecule has 0 saturated heterocycles. The molecule has 2 N–H and O–H groups in total. The number of aromatic nitrogens is 2. The molecule has 1 aliphatic rings. The summed E-state index contributed by atoms with van der Waals surface area (Å²) in [6.45, 7) is 2.33. The predicted octanol–water partition coefficient (Wildman–Crippen LogP) is 3.37. The summed E-state index contributed by atoms with van der Waals surface area (Å²) in [4.78, 5) is 10.5. The highest BCUT2D eigenvalue weighted by molar-refractivity contribution is 5.56. The molecule has 1 aliphatic heterocycles. The number of hydrogen-bond acceptors (Lipinski definition) is 6. The van der Waals surface area contributed by atoms with Crippen molar-refractivity contribution in [2.24, 2.45) is 5.73 Å². The Balaban J connectivity index is 1.82. The fourth-order valence-corrected chi connectivity index (χ4v) is 3.56. The van der Waals surface area contributed by atoms with E-state index in [4.69, 9.17) is 10.5 Å². The van der Waals surface area contributed by atoms with Crippen LogP contribution in [-0.4, -0.2) is 14.7 Å². The molecular weight excluding hydrogens is 370 g/mol. The first-order valence-electron chi connectivity index (χ1n) is 8.92. The second-order valence-electron chi connectivity index (χ2n) is 6.72. The number of allylic oxidation sites excluding steroid dienone is 1. The number of rotatable bonds is 4. The van der Waals surface area contributed by atoms with Gasteiger partial charge in [-0.3, -0.25) is 10.1 Å². The molecule has 0 aliphatic carbocycles. The number of non-ortho nitro benzene ring substituents is 1. The maximum Gasteiger partial charge on any atom is 0.269 e. The molecule has 0 fully saturated rings. The van der Waals surface area contributed by atoms with Gasteiger partial charge in [-0.2, -0.15) is 10.4 Å². The largest absolute Gasteiger partial charge is 0.422 e. The molecule has 4 rings (SSSR count). The summed E-state index contributed by atoms with van der Waals surface area (Å²) in [5.74, 6) is -0.0159. The van der Waals surface area contributed by atoms with E-state index in [1.807, 2.05) is 37.3 Å². The Labute approximate surface area is 166 Å². The number of fused-ring (bicyclic) bond motifs is 1. The molecule has 0 spiro atoms. The van der Waals surface area contributed by atoms with Gasteiger partial charge in [0.25, 0.3) is 5.69 Å². The van der Waals surface area contributed by atoms with Gasteiger partial charge in [0.1, 0.15) is 11.6 Å². The lowest BCUT2D eigenvalue weighted by Crippen LogP contribution is -2.22. The number of aryl methyl sites for hydroxylation is 1. The first kappa shape index (κ1) is 18.3. The number of nitrogens with zero attached hydrogens (tertiary/aromatic N) is 4. The zero-order chi connectivity index (χ0) is 20.5. The quantitative estimate of drug-likeness (QED) is 0.541. The number of nitriles is 1. The number of ether oxygens (including phenoxy) is 1. The van der Waals surface area contributed by atoms with Crippen molar-refractivity contribution >= 4 is 5.69 Å². The zero-order valence-corrected chi connectivity index (χ0v) is 15.6.